The predicted molar refractivity (Wildman–Crippen MR) is 125 cm³/mol. The van der Waals surface area contributed by atoms with Crippen molar-refractivity contribution in [3.63, 3.8) is 0 Å². The molecule has 0 spiro atoms. The number of methoxy groups -OCH3 is 1. The molecule has 10 nitrogen and oxygen atoms in total. The van der Waals surface area contributed by atoms with Crippen molar-refractivity contribution in [1.29, 1.82) is 0 Å². The number of aromatic nitrogens is 2. The van der Waals surface area contributed by atoms with Crippen LogP contribution in [0.15, 0.2) is 62.3 Å². The van der Waals surface area contributed by atoms with Crippen molar-refractivity contribution in [3.8, 4) is 11.4 Å². The molecule has 176 valence electrons. The second-order valence-corrected chi connectivity index (χ2v) is 10.4. The van der Waals surface area contributed by atoms with E-state index >= 15 is 0 Å². The number of sulfonamides is 1. The van der Waals surface area contributed by atoms with Gasteiger partial charge in [0.15, 0.2) is 0 Å². The van der Waals surface area contributed by atoms with Crippen LogP contribution >= 0.6 is 22.9 Å². The predicted octanol–water partition coefficient (Wildman–Crippen LogP) is 3.05. The number of amides is 2. The molecule has 2 aromatic carbocycles. The second-order valence-electron chi connectivity index (χ2n) is 6.77. The lowest BCUT2D eigenvalue weighted by Crippen LogP contribution is -2.35. The second kappa shape index (κ2) is 8.93. The van der Waals surface area contributed by atoms with Gasteiger partial charge in [0.1, 0.15) is 15.8 Å². The number of urea groups is 1. The first-order chi connectivity index (χ1) is 16.1. The molecular weight excluding hydrogens is 511 g/mol. The van der Waals surface area contributed by atoms with Crippen LogP contribution < -0.4 is 26.0 Å². The summed E-state index contributed by atoms with van der Waals surface area (Å²) in [5.74, 6) is -0.587. The molecule has 0 bridgehead atoms. The highest BCUT2D eigenvalue weighted by atomic mass is 35.5. The van der Waals surface area contributed by atoms with Gasteiger partial charge in [0, 0.05) is 11.8 Å². The summed E-state index contributed by atoms with van der Waals surface area (Å²) in [5, 5.41) is 2.31. The van der Waals surface area contributed by atoms with E-state index in [-0.39, 0.29) is 30.8 Å². The van der Waals surface area contributed by atoms with E-state index in [9.17, 15) is 27.2 Å². The van der Waals surface area contributed by atoms with E-state index < -0.39 is 33.1 Å². The first-order valence-electron chi connectivity index (χ1n) is 9.31. The zero-order valence-corrected chi connectivity index (χ0v) is 19.5. The number of carbonyl (C=O) groups excluding carboxylic acids is 1. The number of H-pyrrole nitrogens is 1. The molecule has 0 aliphatic rings. The van der Waals surface area contributed by atoms with Crippen LogP contribution in [0.1, 0.15) is 0 Å². The highest BCUT2D eigenvalue weighted by Crippen LogP contribution is 2.25. The molecular formula is C20H14ClFN4O6S2. The summed E-state index contributed by atoms with van der Waals surface area (Å²) in [6.45, 7) is 0. The number of thiophene rings is 1. The zero-order chi connectivity index (χ0) is 24.6. The molecule has 0 radical (unpaired) electrons. The molecule has 4 rings (SSSR count). The van der Waals surface area contributed by atoms with Crippen LogP contribution in [0.3, 0.4) is 0 Å². The van der Waals surface area contributed by atoms with Crippen LogP contribution in [0.4, 0.5) is 14.9 Å². The van der Waals surface area contributed by atoms with Crippen LogP contribution in [0, 0.1) is 5.82 Å². The number of nitrogens with one attached hydrogen (secondary N) is 3. The molecule has 14 heteroatoms. The number of halogens is 2. The Morgan fingerprint density at radius 1 is 1.15 bits per heavy atom. The number of fused-ring (bicyclic) bond motifs is 1. The monoisotopic (exact) mass is 524 g/mol. The fourth-order valence-corrected chi connectivity index (χ4v) is 5.47. The normalized spacial score (nSPS) is 11.4. The van der Waals surface area contributed by atoms with Gasteiger partial charge >= 0.3 is 11.7 Å². The van der Waals surface area contributed by atoms with E-state index in [2.05, 4.69) is 10.3 Å². The minimum Gasteiger partial charge on any atom is -0.497 e. The standard InChI is InChI=1S/C20H14ClFN4O6S2/c1-32-11-3-4-12-14(9-11)24-20(29)26(18(12)27)15-5-2-10(8-13(15)22)23-19(28)25-34(30,31)17-7-6-16(21)33-17/h2-9H,1H3,(H,24,29)(H2,23,25,28). The summed E-state index contributed by atoms with van der Waals surface area (Å²) in [4.78, 5) is 39.9. The molecule has 3 N–H and O–H groups in total. The average molecular weight is 525 g/mol. The van der Waals surface area contributed by atoms with Crippen molar-refractivity contribution in [1.82, 2.24) is 14.3 Å². The number of hydrogen-bond donors (Lipinski definition) is 3. The lowest BCUT2D eigenvalue weighted by molar-refractivity contribution is 0.256. The molecule has 0 saturated heterocycles. The Morgan fingerprint density at radius 2 is 1.91 bits per heavy atom. The van der Waals surface area contributed by atoms with Crippen LogP contribution in [-0.4, -0.2) is 31.1 Å². The Labute approximate surface area is 199 Å². The van der Waals surface area contributed by atoms with Gasteiger partial charge in [-0.15, -0.1) is 11.3 Å². The SMILES string of the molecule is COc1ccc2c(=O)n(-c3ccc(NC(=O)NS(=O)(=O)c4ccc(Cl)s4)cc3F)c(=O)[nH]c2c1. The fraction of sp³-hybridized carbons (Fsp3) is 0.0500. The van der Waals surface area contributed by atoms with Crippen LogP contribution in [0.25, 0.3) is 16.6 Å². The summed E-state index contributed by atoms with van der Waals surface area (Å²) in [6, 6.07) is 9.00. The molecule has 0 aliphatic carbocycles. The molecule has 0 fully saturated rings. The zero-order valence-electron chi connectivity index (χ0n) is 17.1. The van der Waals surface area contributed by atoms with Crippen molar-refractivity contribution in [2.24, 2.45) is 0 Å². The van der Waals surface area contributed by atoms with Gasteiger partial charge in [-0.25, -0.2) is 31.7 Å². The first kappa shape index (κ1) is 23.5. The molecule has 34 heavy (non-hydrogen) atoms. The van der Waals surface area contributed by atoms with Gasteiger partial charge in [-0.1, -0.05) is 11.6 Å². The maximum absolute atomic E-state index is 14.8. The van der Waals surface area contributed by atoms with E-state index in [1.54, 1.807) is 4.72 Å². The average Bonchev–Trinajstić information content (AvgIpc) is 3.21. The van der Waals surface area contributed by atoms with Gasteiger partial charge < -0.3 is 15.0 Å². The Kier molecular flexibility index (Phi) is 6.17. The highest BCUT2D eigenvalue weighted by Gasteiger charge is 2.20. The Morgan fingerprint density at radius 3 is 2.56 bits per heavy atom. The highest BCUT2D eigenvalue weighted by molar-refractivity contribution is 7.92. The van der Waals surface area contributed by atoms with Crippen molar-refractivity contribution in [3.05, 3.63) is 79.5 Å². The first-order valence-corrected chi connectivity index (χ1v) is 12.0. The topological polar surface area (TPSA) is 139 Å². The van der Waals surface area contributed by atoms with Crippen molar-refractivity contribution < 1.29 is 22.3 Å². The van der Waals surface area contributed by atoms with Gasteiger partial charge in [0.05, 0.1) is 28.0 Å². The fourth-order valence-electron chi connectivity index (χ4n) is 3.08. The minimum atomic E-state index is -4.18. The van der Waals surface area contributed by atoms with Crippen LogP contribution in [0.2, 0.25) is 4.34 Å². The van der Waals surface area contributed by atoms with Crippen molar-refractivity contribution in [2.75, 3.05) is 12.4 Å². The van der Waals surface area contributed by atoms with Gasteiger partial charge in [-0.05, 0) is 42.5 Å². The largest absolute Gasteiger partial charge is 0.497 e. The summed E-state index contributed by atoms with van der Waals surface area (Å²) < 4.78 is 46.7. The molecule has 0 aliphatic heterocycles. The Bertz CT molecular complexity index is 1660. The maximum Gasteiger partial charge on any atom is 0.333 e. The number of nitrogens with zero attached hydrogens (tertiary/aromatic N) is 1. The third-order valence-electron chi connectivity index (χ3n) is 4.59. The minimum absolute atomic E-state index is 0.117. The van der Waals surface area contributed by atoms with Crippen LogP contribution in [-0.2, 0) is 10.0 Å². The smallest absolute Gasteiger partial charge is 0.333 e. The molecule has 4 aromatic rings. The molecule has 0 atom stereocenters. The molecule has 0 saturated carbocycles. The van der Waals surface area contributed by atoms with Crippen LogP contribution in [0.5, 0.6) is 5.75 Å². The number of anilines is 1. The van der Waals surface area contributed by atoms with Gasteiger partial charge in [-0.2, -0.15) is 0 Å². The molecule has 2 amide bonds. The van der Waals surface area contributed by atoms with Gasteiger partial charge in [-0.3, -0.25) is 4.79 Å². The Hall–Kier alpha value is -3.68. The number of carbonyl (C=O) groups is 1. The van der Waals surface area contributed by atoms with Crippen molar-refractivity contribution in [2.45, 2.75) is 4.21 Å². The molecule has 2 heterocycles. The molecule has 2 aromatic heterocycles. The lowest BCUT2D eigenvalue weighted by atomic mass is 10.2. The quantitative estimate of drug-likeness (QED) is 0.366. The number of aromatic amines is 1. The summed E-state index contributed by atoms with van der Waals surface area (Å²) >= 11 is 6.47. The number of hydrogen-bond acceptors (Lipinski definition) is 7. The number of benzene rings is 2. The van der Waals surface area contributed by atoms with Gasteiger partial charge in [0.25, 0.3) is 15.6 Å². The Balaban J connectivity index is 1.61. The third-order valence-corrected chi connectivity index (χ3v) is 7.65. The van der Waals surface area contributed by atoms with Crippen molar-refractivity contribution >= 4 is 55.6 Å². The van der Waals surface area contributed by atoms with Gasteiger partial charge in [0.2, 0.25) is 0 Å². The maximum atomic E-state index is 14.8. The molecule has 0 unspecified atom stereocenters. The summed E-state index contributed by atoms with van der Waals surface area (Å²) in [5.41, 5.74) is -1.92. The number of rotatable bonds is 5. The number of ether oxygens (including phenoxy) is 1. The van der Waals surface area contributed by atoms with E-state index in [0.29, 0.717) is 10.3 Å². The van der Waals surface area contributed by atoms with E-state index in [1.807, 2.05) is 0 Å². The summed E-state index contributed by atoms with van der Waals surface area (Å²) in [6.07, 6.45) is 0. The van der Waals surface area contributed by atoms with E-state index in [0.717, 1.165) is 23.5 Å². The van der Waals surface area contributed by atoms with E-state index in [4.69, 9.17) is 16.3 Å². The lowest BCUT2D eigenvalue weighted by Gasteiger charge is -2.11. The third kappa shape index (κ3) is 4.53. The van der Waals surface area contributed by atoms with E-state index in [1.165, 1.54) is 43.5 Å². The summed E-state index contributed by atoms with van der Waals surface area (Å²) in [7, 11) is -2.75.